The average Bonchev–Trinajstić information content (AvgIpc) is 2.90. The first-order valence-corrected chi connectivity index (χ1v) is 7.49. The lowest BCUT2D eigenvalue weighted by molar-refractivity contribution is -0.156. The summed E-state index contributed by atoms with van der Waals surface area (Å²) in [4.78, 5) is 23.9. The van der Waals surface area contributed by atoms with Crippen molar-refractivity contribution in [3.63, 3.8) is 0 Å². The van der Waals surface area contributed by atoms with Gasteiger partial charge in [0.25, 0.3) is 0 Å². The van der Waals surface area contributed by atoms with Crippen molar-refractivity contribution in [2.24, 2.45) is 0 Å². The van der Waals surface area contributed by atoms with Crippen LogP contribution >= 0.6 is 0 Å². The van der Waals surface area contributed by atoms with Crippen LogP contribution in [-0.4, -0.2) is 45.6 Å². The predicted molar refractivity (Wildman–Crippen MR) is 72.8 cm³/mol. The molecule has 1 aromatic rings. The Hall–Kier alpha value is -2.28. The van der Waals surface area contributed by atoms with Crippen molar-refractivity contribution in [3.8, 4) is 11.5 Å². The smallest absolute Gasteiger partial charge is 0.310 e. The van der Waals surface area contributed by atoms with Crippen molar-refractivity contribution in [1.82, 2.24) is 0 Å². The lowest BCUT2D eigenvalue weighted by Gasteiger charge is -2.41. The van der Waals surface area contributed by atoms with E-state index < -0.39 is 34.7 Å². The van der Waals surface area contributed by atoms with Gasteiger partial charge in [0.05, 0.1) is 18.8 Å². The van der Waals surface area contributed by atoms with Gasteiger partial charge < -0.3 is 24.4 Å². The van der Waals surface area contributed by atoms with E-state index in [9.17, 15) is 19.8 Å². The van der Waals surface area contributed by atoms with Crippen LogP contribution in [0.15, 0.2) is 18.2 Å². The molecule has 0 amide bonds. The van der Waals surface area contributed by atoms with Crippen LogP contribution in [0.3, 0.4) is 0 Å². The van der Waals surface area contributed by atoms with E-state index in [4.69, 9.17) is 14.2 Å². The average molecular weight is 318 g/mol. The number of aliphatic hydroxyl groups is 1. The van der Waals surface area contributed by atoms with Gasteiger partial charge in [-0.15, -0.1) is 0 Å². The van der Waals surface area contributed by atoms with Gasteiger partial charge in [0.1, 0.15) is 23.7 Å². The molecular weight excluding hydrogens is 304 g/mol. The first-order valence-electron chi connectivity index (χ1n) is 7.49. The van der Waals surface area contributed by atoms with Crippen molar-refractivity contribution in [1.29, 1.82) is 0 Å². The molecule has 2 N–H and O–H groups in total. The van der Waals surface area contributed by atoms with E-state index in [0.29, 0.717) is 11.3 Å². The molecule has 0 unspecified atom stereocenters. The monoisotopic (exact) mass is 318 g/mol. The van der Waals surface area contributed by atoms with Gasteiger partial charge in [-0.1, -0.05) is 6.07 Å². The largest absolute Gasteiger partial charge is 0.508 e. The topological polar surface area (TPSA) is 102 Å². The molecule has 7 nitrogen and oxygen atoms in total. The molecule has 23 heavy (non-hydrogen) atoms. The molecule has 3 heterocycles. The molecule has 4 atom stereocenters. The van der Waals surface area contributed by atoms with Crippen LogP contribution in [0.4, 0.5) is 0 Å². The number of hydrogen-bond acceptors (Lipinski definition) is 7. The molecule has 1 aromatic carbocycles. The first kappa shape index (κ1) is 13.2. The minimum Gasteiger partial charge on any atom is -0.508 e. The zero-order valence-electron chi connectivity index (χ0n) is 12.1. The van der Waals surface area contributed by atoms with Gasteiger partial charge in [0.15, 0.2) is 11.2 Å². The van der Waals surface area contributed by atoms with Crippen molar-refractivity contribution < 1.29 is 34.0 Å². The molecule has 0 bridgehead atoms. The van der Waals surface area contributed by atoms with E-state index in [1.807, 2.05) is 0 Å². The Balaban J connectivity index is 1.76. The molecule has 1 aliphatic carbocycles. The lowest BCUT2D eigenvalue weighted by atomic mass is 9.73. The molecule has 0 spiro atoms. The van der Waals surface area contributed by atoms with Crippen LogP contribution in [0.25, 0.3) is 0 Å². The molecule has 7 heteroatoms. The van der Waals surface area contributed by atoms with E-state index in [2.05, 4.69) is 0 Å². The number of hydrogen-bond donors (Lipinski definition) is 2. The maximum atomic E-state index is 11.9. The molecule has 3 aliphatic heterocycles. The summed E-state index contributed by atoms with van der Waals surface area (Å²) >= 11 is 0. The number of esters is 2. The summed E-state index contributed by atoms with van der Waals surface area (Å²) < 4.78 is 16.7. The normalized spacial score (nSPS) is 42.9. The summed E-state index contributed by atoms with van der Waals surface area (Å²) in [6, 6.07) is 4.58. The van der Waals surface area contributed by atoms with Crippen molar-refractivity contribution in [2.75, 3.05) is 6.61 Å². The van der Waals surface area contributed by atoms with Gasteiger partial charge in [0.2, 0.25) is 0 Å². The number of carbonyl (C=O) groups is 2. The van der Waals surface area contributed by atoms with E-state index in [1.54, 1.807) is 6.07 Å². The fourth-order valence-corrected chi connectivity index (χ4v) is 4.97. The van der Waals surface area contributed by atoms with Gasteiger partial charge in [-0.3, -0.25) is 9.59 Å². The van der Waals surface area contributed by atoms with Crippen LogP contribution in [0, 0.1) is 0 Å². The van der Waals surface area contributed by atoms with Gasteiger partial charge in [-0.05, 0) is 6.07 Å². The molecule has 4 aliphatic rings. The fraction of sp³-hybridized carbons (Fsp3) is 0.500. The molecule has 0 radical (unpaired) electrons. The molecular formula is C16H14O7. The minimum atomic E-state index is -1.29. The fourth-order valence-electron chi connectivity index (χ4n) is 4.97. The highest BCUT2D eigenvalue weighted by Crippen LogP contribution is 2.68. The zero-order chi connectivity index (χ0) is 16.0. The van der Waals surface area contributed by atoms with Crippen LogP contribution in [-0.2, 0) is 19.1 Å². The maximum Gasteiger partial charge on any atom is 0.310 e. The highest BCUT2D eigenvalue weighted by molar-refractivity contribution is 5.84. The highest BCUT2D eigenvalue weighted by atomic mass is 16.6. The summed E-state index contributed by atoms with van der Waals surface area (Å²) in [5.41, 5.74) is -3.01. The Labute approximate surface area is 130 Å². The molecule has 1 saturated carbocycles. The van der Waals surface area contributed by atoms with Crippen LogP contribution in [0.1, 0.15) is 30.7 Å². The van der Waals surface area contributed by atoms with Gasteiger partial charge in [0, 0.05) is 18.1 Å². The number of fused-ring (bicyclic) bond motifs is 3. The number of phenolic OH excluding ortho intramolecular Hbond substituents is 1. The third-order valence-electron chi connectivity index (χ3n) is 5.59. The maximum absolute atomic E-state index is 11.9. The summed E-state index contributed by atoms with van der Waals surface area (Å²) in [7, 11) is 0. The number of phenols is 1. The summed E-state index contributed by atoms with van der Waals surface area (Å²) in [6.07, 6.45) is -0.0283. The molecule has 0 aromatic heterocycles. The Morgan fingerprint density at radius 2 is 1.91 bits per heavy atom. The Bertz CT molecular complexity index is 750. The number of carbonyl (C=O) groups excluding carboxylic acids is 2. The number of benzene rings is 1. The predicted octanol–water partition coefficient (Wildman–Crippen LogP) is 0.374. The van der Waals surface area contributed by atoms with E-state index in [0.717, 1.165) is 0 Å². The molecule has 3 fully saturated rings. The van der Waals surface area contributed by atoms with E-state index in [1.165, 1.54) is 12.1 Å². The van der Waals surface area contributed by atoms with Crippen LogP contribution in [0.2, 0.25) is 0 Å². The third-order valence-corrected chi connectivity index (χ3v) is 5.59. The second-order valence-electron chi connectivity index (χ2n) is 6.91. The second kappa shape index (κ2) is 3.62. The van der Waals surface area contributed by atoms with Gasteiger partial charge in [-0.25, -0.2) is 0 Å². The number of aromatic hydroxyl groups is 1. The Morgan fingerprint density at radius 3 is 2.74 bits per heavy atom. The van der Waals surface area contributed by atoms with E-state index in [-0.39, 0.29) is 31.6 Å². The zero-order valence-corrected chi connectivity index (χ0v) is 12.1. The van der Waals surface area contributed by atoms with Gasteiger partial charge >= 0.3 is 11.9 Å². The van der Waals surface area contributed by atoms with Gasteiger partial charge in [-0.2, -0.15) is 0 Å². The SMILES string of the molecule is O=C1C[C@]23OC(=O)C[C@]2(C[C@@]2(O)COc4cc(O)ccc4[C@H]23)O1. The van der Waals surface area contributed by atoms with Crippen molar-refractivity contribution in [2.45, 2.75) is 42.0 Å². The standard InChI is InChI=1S/C16H14O7/c17-8-1-2-9-10(3-8)21-7-14(20)6-15-4-11(18)23-16(15,13(9)14)5-12(19)22-15/h1-3,13,17,20H,4-7H2/t13-,14-,15-,16-/m1/s1. The quantitative estimate of drug-likeness (QED) is 0.666. The Kier molecular flexibility index (Phi) is 2.07. The molecule has 2 saturated heterocycles. The summed E-state index contributed by atoms with van der Waals surface area (Å²) in [6.45, 7) is -0.00722. The molecule has 120 valence electrons. The van der Waals surface area contributed by atoms with Crippen molar-refractivity contribution in [3.05, 3.63) is 23.8 Å². The van der Waals surface area contributed by atoms with Crippen molar-refractivity contribution >= 4 is 11.9 Å². The van der Waals surface area contributed by atoms with Crippen LogP contribution in [0.5, 0.6) is 11.5 Å². The first-order chi connectivity index (χ1) is 10.9. The number of rotatable bonds is 0. The highest BCUT2D eigenvalue weighted by Gasteiger charge is 2.82. The van der Waals surface area contributed by atoms with E-state index >= 15 is 0 Å². The molecule has 5 rings (SSSR count). The van der Waals surface area contributed by atoms with Crippen LogP contribution < -0.4 is 4.74 Å². The lowest BCUT2D eigenvalue weighted by Crippen LogP contribution is -2.50. The number of ether oxygens (including phenoxy) is 3. The minimum absolute atomic E-state index is 0.00722. The Morgan fingerprint density at radius 1 is 1.13 bits per heavy atom. The third kappa shape index (κ3) is 1.35. The summed E-state index contributed by atoms with van der Waals surface area (Å²) in [5.74, 6) is -1.01. The summed E-state index contributed by atoms with van der Waals surface area (Å²) in [5, 5.41) is 20.8. The second-order valence-corrected chi connectivity index (χ2v) is 6.91.